The van der Waals surface area contributed by atoms with Crippen molar-refractivity contribution in [1.29, 1.82) is 0 Å². The first-order valence-electron chi connectivity index (χ1n) is 8.93. The molecular formula is C18H40N2O2. The molecule has 7 N–H and O–H groups in total. The van der Waals surface area contributed by atoms with Gasteiger partial charge >= 0.3 is 0 Å². The normalized spacial score (nSPS) is 14.0. The monoisotopic (exact) mass is 316 g/mol. The molecule has 0 saturated heterocycles. The number of allylic oxidation sites excluding steroid dienone is 1. The summed E-state index contributed by atoms with van der Waals surface area (Å²) in [5, 5.41) is 18.3. The van der Waals surface area contributed by atoms with E-state index in [0.717, 1.165) is 6.42 Å². The van der Waals surface area contributed by atoms with Crippen LogP contribution in [0.1, 0.15) is 84.0 Å². The number of hydrogen-bond donors (Lipinski definition) is 4. The van der Waals surface area contributed by atoms with Gasteiger partial charge in [0.25, 0.3) is 0 Å². The number of aliphatic hydroxyl groups is 2. The second kappa shape index (κ2) is 18.6. The number of rotatable bonds is 15. The molecule has 0 aliphatic rings. The third kappa shape index (κ3) is 16.0. The fourth-order valence-electron chi connectivity index (χ4n) is 2.41. The van der Waals surface area contributed by atoms with E-state index in [2.05, 4.69) is 6.92 Å². The zero-order valence-corrected chi connectivity index (χ0v) is 14.7. The standard InChI is InChI=1S/C18H37NO2.H3N/c1-2-3-4-5-6-7-8-9-10-11-12-13-14-15-18(21)17(19)16-20;/h14-15,17-18,20-21H,2-13,16,19H2,1H3;1H3/b15-14+;/t17-,18+;/m0./s1. The average Bonchev–Trinajstić information content (AvgIpc) is 2.50. The number of hydrogen-bond acceptors (Lipinski definition) is 4. The van der Waals surface area contributed by atoms with Crippen LogP contribution in [-0.2, 0) is 0 Å². The van der Waals surface area contributed by atoms with Gasteiger partial charge in [-0.05, 0) is 12.8 Å². The Morgan fingerprint density at radius 1 is 0.864 bits per heavy atom. The van der Waals surface area contributed by atoms with Crippen molar-refractivity contribution in [3.05, 3.63) is 12.2 Å². The van der Waals surface area contributed by atoms with Crippen molar-refractivity contribution in [1.82, 2.24) is 6.15 Å². The minimum Gasteiger partial charge on any atom is -0.395 e. The van der Waals surface area contributed by atoms with Gasteiger partial charge in [-0.3, -0.25) is 0 Å². The lowest BCUT2D eigenvalue weighted by Gasteiger charge is -2.11. The zero-order valence-electron chi connectivity index (χ0n) is 14.7. The predicted molar refractivity (Wildman–Crippen MR) is 96.3 cm³/mol. The molecule has 0 amide bonds. The topological polar surface area (TPSA) is 101 Å². The van der Waals surface area contributed by atoms with Crippen molar-refractivity contribution in [2.45, 2.75) is 96.1 Å². The largest absolute Gasteiger partial charge is 0.395 e. The van der Waals surface area contributed by atoms with Gasteiger partial charge in [0.05, 0.1) is 18.8 Å². The van der Waals surface area contributed by atoms with E-state index in [-0.39, 0.29) is 12.8 Å². The Morgan fingerprint density at radius 2 is 1.32 bits per heavy atom. The Balaban J connectivity index is 0. The summed E-state index contributed by atoms with van der Waals surface area (Å²) in [6.07, 6.45) is 18.8. The lowest BCUT2D eigenvalue weighted by molar-refractivity contribution is 0.144. The summed E-state index contributed by atoms with van der Waals surface area (Å²) in [7, 11) is 0. The van der Waals surface area contributed by atoms with E-state index in [0.29, 0.717) is 0 Å². The van der Waals surface area contributed by atoms with E-state index in [4.69, 9.17) is 10.8 Å². The lowest BCUT2D eigenvalue weighted by Crippen LogP contribution is -2.36. The van der Waals surface area contributed by atoms with Gasteiger partial charge in [-0.1, -0.05) is 83.3 Å². The number of unbranched alkanes of at least 4 members (excludes halogenated alkanes) is 11. The van der Waals surface area contributed by atoms with Crippen LogP contribution in [0.4, 0.5) is 0 Å². The molecule has 0 rings (SSSR count). The Hall–Kier alpha value is -0.420. The highest BCUT2D eigenvalue weighted by molar-refractivity contribution is 4.93. The fraction of sp³-hybridized carbons (Fsp3) is 0.889. The van der Waals surface area contributed by atoms with Crippen LogP contribution >= 0.6 is 0 Å². The van der Waals surface area contributed by atoms with Gasteiger partial charge in [0, 0.05) is 0 Å². The van der Waals surface area contributed by atoms with Gasteiger partial charge in [0.2, 0.25) is 0 Å². The third-order valence-electron chi connectivity index (χ3n) is 3.96. The molecule has 4 heteroatoms. The summed E-state index contributed by atoms with van der Waals surface area (Å²) >= 11 is 0. The minimum atomic E-state index is -0.720. The smallest absolute Gasteiger partial charge is 0.0894 e. The van der Waals surface area contributed by atoms with Crippen LogP contribution < -0.4 is 11.9 Å². The molecule has 0 saturated carbocycles. The van der Waals surface area contributed by atoms with Crippen LogP contribution in [0, 0.1) is 0 Å². The molecule has 0 aliphatic carbocycles. The lowest BCUT2D eigenvalue weighted by atomic mass is 10.0. The van der Waals surface area contributed by atoms with Crippen LogP contribution in [-0.4, -0.2) is 29.0 Å². The summed E-state index contributed by atoms with van der Waals surface area (Å²) < 4.78 is 0. The molecule has 2 atom stereocenters. The SMILES string of the molecule is CCCCCCCCCCCCC/C=C/[C@@H](O)[C@@H](N)CO.N. The van der Waals surface area contributed by atoms with E-state index in [1.54, 1.807) is 6.08 Å². The second-order valence-corrected chi connectivity index (χ2v) is 6.09. The Kier molecular flexibility index (Phi) is 20.2. The van der Waals surface area contributed by atoms with Crippen molar-refractivity contribution < 1.29 is 10.2 Å². The molecule has 0 unspecified atom stereocenters. The van der Waals surface area contributed by atoms with E-state index >= 15 is 0 Å². The summed E-state index contributed by atoms with van der Waals surface area (Å²) in [4.78, 5) is 0. The van der Waals surface area contributed by atoms with E-state index in [9.17, 15) is 5.11 Å². The molecule has 0 bridgehead atoms. The van der Waals surface area contributed by atoms with Gasteiger partial charge in [-0.25, -0.2) is 0 Å². The first-order valence-corrected chi connectivity index (χ1v) is 8.93. The van der Waals surface area contributed by atoms with Gasteiger partial charge in [-0.2, -0.15) is 0 Å². The second-order valence-electron chi connectivity index (χ2n) is 6.09. The Labute approximate surface area is 137 Å². The van der Waals surface area contributed by atoms with E-state index in [1.807, 2.05) is 6.08 Å². The molecule has 22 heavy (non-hydrogen) atoms. The highest BCUT2D eigenvalue weighted by Crippen LogP contribution is 2.12. The molecule has 0 aliphatic heterocycles. The highest BCUT2D eigenvalue weighted by Gasteiger charge is 2.08. The molecule has 0 radical (unpaired) electrons. The highest BCUT2D eigenvalue weighted by atomic mass is 16.3. The Bertz CT molecular complexity index is 235. The van der Waals surface area contributed by atoms with E-state index < -0.39 is 12.1 Å². The summed E-state index contributed by atoms with van der Waals surface area (Å²) in [6, 6.07) is -0.557. The van der Waals surface area contributed by atoms with Crippen LogP contribution in [0.3, 0.4) is 0 Å². The predicted octanol–water partition coefficient (Wildman–Crippen LogP) is 4.09. The maximum Gasteiger partial charge on any atom is 0.0894 e. The van der Waals surface area contributed by atoms with Crippen molar-refractivity contribution in [3.63, 3.8) is 0 Å². The van der Waals surface area contributed by atoms with Gasteiger partial charge in [-0.15, -0.1) is 0 Å². The van der Waals surface area contributed by atoms with Crippen LogP contribution in [0.5, 0.6) is 0 Å². The number of nitrogens with two attached hydrogens (primary N) is 1. The molecule has 0 heterocycles. The summed E-state index contributed by atoms with van der Waals surface area (Å²) in [5.74, 6) is 0. The minimum absolute atomic E-state index is 0. The van der Waals surface area contributed by atoms with Crippen molar-refractivity contribution in [3.8, 4) is 0 Å². The summed E-state index contributed by atoms with van der Waals surface area (Å²) in [5.41, 5.74) is 5.51. The summed E-state index contributed by atoms with van der Waals surface area (Å²) in [6.45, 7) is 2.08. The fourth-order valence-corrected chi connectivity index (χ4v) is 2.41. The average molecular weight is 317 g/mol. The first kappa shape index (κ1) is 23.8. The zero-order chi connectivity index (χ0) is 15.8. The van der Waals surface area contributed by atoms with Crippen LogP contribution in [0.25, 0.3) is 0 Å². The molecule has 0 aromatic heterocycles. The van der Waals surface area contributed by atoms with Gasteiger partial charge in [0.15, 0.2) is 0 Å². The molecule has 0 aromatic rings. The van der Waals surface area contributed by atoms with Crippen molar-refractivity contribution >= 4 is 0 Å². The van der Waals surface area contributed by atoms with Gasteiger partial charge in [0.1, 0.15) is 0 Å². The molecule has 134 valence electrons. The van der Waals surface area contributed by atoms with Crippen molar-refractivity contribution in [2.75, 3.05) is 6.61 Å². The van der Waals surface area contributed by atoms with E-state index in [1.165, 1.54) is 70.6 Å². The molecule has 0 fully saturated rings. The third-order valence-corrected chi connectivity index (χ3v) is 3.96. The number of aliphatic hydroxyl groups excluding tert-OH is 2. The maximum atomic E-state index is 9.52. The quantitative estimate of drug-likeness (QED) is 0.270. The van der Waals surface area contributed by atoms with Crippen molar-refractivity contribution in [2.24, 2.45) is 5.73 Å². The molecule has 0 aromatic carbocycles. The van der Waals surface area contributed by atoms with Gasteiger partial charge < -0.3 is 22.1 Å². The molecular weight excluding hydrogens is 276 g/mol. The van der Waals surface area contributed by atoms with Crippen LogP contribution in [0.15, 0.2) is 12.2 Å². The molecule has 0 spiro atoms. The Morgan fingerprint density at radius 3 is 1.77 bits per heavy atom. The first-order chi connectivity index (χ1) is 10.2. The van der Waals surface area contributed by atoms with Crippen LogP contribution in [0.2, 0.25) is 0 Å². The maximum absolute atomic E-state index is 9.52. The molecule has 4 nitrogen and oxygen atoms in total.